The van der Waals surface area contributed by atoms with Gasteiger partial charge in [0.15, 0.2) is 0 Å². The van der Waals surface area contributed by atoms with Gasteiger partial charge in [-0.2, -0.15) is 0 Å². The maximum Gasteiger partial charge on any atom is 0.0118 e. The van der Waals surface area contributed by atoms with Crippen molar-refractivity contribution in [2.24, 2.45) is 11.8 Å². The topological polar surface area (TPSA) is 3.24 Å². The second kappa shape index (κ2) is 6.52. The Bertz CT molecular complexity index is 165. The lowest BCUT2D eigenvalue weighted by Crippen LogP contribution is -2.37. The van der Waals surface area contributed by atoms with Crippen molar-refractivity contribution in [2.45, 2.75) is 65.3 Å². The Morgan fingerprint density at radius 3 is 2.47 bits per heavy atom. The molecule has 1 aliphatic carbocycles. The lowest BCUT2D eigenvalue weighted by molar-refractivity contribution is 0.166. The minimum atomic E-state index is 0.841. The molecule has 1 rings (SSSR count). The summed E-state index contributed by atoms with van der Waals surface area (Å²) in [6, 6.07) is 0.853. The third kappa shape index (κ3) is 4.55. The van der Waals surface area contributed by atoms with Gasteiger partial charge < -0.3 is 4.90 Å². The fraction of sp³-hybridized carbons (Fsp3) is 1.00. The van der Waals surface area contributed by atoms with E-state index in [9.17, 15) is 0 Å². The van der Waals surface area contributed by atoms with Crippen LogP contribution in [0.5, 0.6) is 0 Å². The Hall–Kier alpha value is -0.0400. The van der Waals surface area contributed by atoms with Crippen molar-refractivity contribution >= 4 is 0 Å². The average Bonchev–Trinajstić information content (AvgIpc) is 2.39. The third-order valence-corrected chi connectivity index (χ3v) is 3.94. The Morgan fingerprint density at radius 1 is 1.13 bits per heavy atom. The van der Waals surface area contributed by atoms with Gasteiger partial charge >= 0.3 is 0 Å². The maximum absolute atomic E-state index is 2.62. The zero-order valence-corrected chi connectivity index (χ0v) is 11.1. The predicted molar refractivity (Wildman–Crippen MR) is 68.1 cm³/mol. The summed E-state index contributed by atoms with van der Waals surface area (Å²) < 4.78 is 0. The molecule has 0 spiro atoms. The van der Waals surface area contributed by atoms with Gasteiger partial charge in [-0.1, -0.05) is 40.0 Å². The number of hydrogen-bond donors (Lipinski definition) is 0. The maximum atomic E-state index is 2.62. The first-order valence-electron chi connectivity index (χ1n) is 6.81. The molecule has 15 heavy (non-hydrogen) atoms. The fourth-order valence-electron chi connectivity index (χ4n) is 2.76. The quantitative estimate of drug-likeness (QED) is 0.637. The standard InChI is InChI=1S/C14H29N/c1-12(2)10-11-15(4)14-9-7-5-6-8-13(14)3/h12-14H,5-11H2,1-4H3. The lowest BCUT2D eigenvalue weighted by atomic mass is 9.95. The smallest absolute Gasteiger partial charge is 0.0118 e. The zero-order chi connectivity index (χ0) is 11.3. The highest BCUT2D eigenvalue weighted by molar-refractivity contribution is 4.78. The van der Waals surface area contributed by atoms with E-state index in [-0.39, 0.29) is 0 Å². The molecule has 2 unspecified atom stereocenters. The highest BCUT2D eigenvalue weighted by atomic mass is 15.1. The zero-order valence-electron chi connectivity index (χ0n) is 11.1. The molecule has 2 atom stereocenters. The molecule has 1 fully saturated rings. The molecule has 0 N–H and O–H groups in total. The molecule has 0 bridgehead atoms. The fourth-order valence-corrected chi connectivity index (χ4v) is 2.76. The van der Waals surface area contributed by atoms with Gasteiger partial charge in [-0.15, -0.1) is 0 Å². The van der Waals surface area contributed by atoms with Crippen LogP contribution in [0, 0.1) is 11.8 Å². The SMILES string of the molecule is CC(C)CCN(C)C1CCCCCC1C. The summed E-state index contributed by atoms with van der Waals surface area (Å²) in [5, 5.41) is 0. The third-order valence-electron chi connectivity index (χ3n) is 3.94. The summed E-state index contributed by atoms with van der Waals surface area (Å²) in [7, 11) is 2.33. The van der Waals surface area contributed by atoms with E-state index in [1.54, 1.807) is 0 Å². The molecular formula is C14H29N. The molecule has 0 saturated heterocycles. The van der Waals surface area contributed by atoms with Gasteiger partial charge in [0.2, 0.25) is 0 Å². The van der Waals surface area contributed by atoms with Gasteiger partial charge in [0.05, 0.1) is 0 Å². The summed E-state index contributed by atoms with van der Waals surface area (Å²) in [5.74, 6) is 1.75. The van der Waals surface area contributed by atoms with E-state index < -0.39 is 0 Å². The average molecular weight is 211 g/mol. The van der Waals surface area contributed by atoms with E-state index in [1.165, 1.54) is 45.1 Å². The van der Waals surface area contributed by atoms with Crippen molar-refractivity contribution in [3.8, 4) is 0 Å². The molecule has 90 valence electrons. The van der Waals surface area contributed by atoms with E-state index >= 15 is 0 Å². The molecule has 0 aromatic heterocycles. The Morgan fingerprint density at radius 2 is 1.80 bits per heavy atom. The van der Waals surface area contributed by atoms with Crippen LogP contribution in [0.1, 0.15) is 59.3 Å². The van der Waals surface area contributed by atoms with Crippen molar-refractivity contribution in [3.63, 3.8) is 0 Å². The van der Waals surface area contributed by atoms with Crippen LogP contribution in [0.4, 0.5) is 0 Å². The highest BCUT2D eigenvalue weighted by Crippen LogP contribution is 2.26. The van der Waals surface area contributed by atoms with Crippen LogP contribution in [0.3, 0.4) is 0 Å². The van der Waals surface area contributed by atoms with Gasteiger partial charge in [0.25, 0.3) is 0 Å². The first-order chi connectivity index (χ1) is 7.11. The van der Waals surface area contributed by atoms with Crippen molar-refractivity contribution in [1.82, 2.24) is 4.90 Å². The largest absolute Gasteiger partial charge is 0.303 e. The van der Waals surface area contributed by atoms with Crippen molar-refractivity contribution in [1.29, 1.82) is 0 Å². The van der Waals surface area contributed by atoms with Gasteiger partial charge in [0.1, 0.15) is 0 Å². The predicted octanol–water partition coefficient (Wildman–Crippen LogP) is 3.93. The van der Waals surface area contributed by atoms with Crippen LogP contribution in [-0.4, -0.2) is 24.5 Å². The van der Waals surface area contributed by atoms with Crippen LogP contribution >= 0.6 is 0 Å². The molecule has 1 aliphatic rings. The minimum Gasteiger partial charge on any atom is -0.303 e. The van der Waals surface area contributed by atoms with Crippen molar-refractivity contribution in [3.05, 3.63) is 0 Å². The summed E-state index contributed by atoms with van der Waals surface area (Å²) in [6.07, 6.45) is 8.57. The van der Waals surface area contributed by atoms with Crippen LogP contribution in [0.15, 0.2) is 0 Å². The van der Waals surface area contributed by atoms with E-state index in [0.29, 0.717) is 0 Å². The minimum absolute atomic E-state index is 0.841. The van der Waals surface area contributed by atoms with Crippen LogP contribution in [-0.2, 0) is 0 Å². The molecule has 0 radical (unpaired) electrons. The van der Waals surface area contributed by atoms with Crippen molar-refractivity contribution < 1.29 is 0 Å². The van der Waals surface area contributed by atoms with E-state index in [4.69, 9.17) is 0 Å². The van der Waals surface area contributed by atoms with Gasteiger partial charge in [-0.3, -0.25) is 0 Å². The second-order valence-electron chi connectivity index (χ2n) is 5.85. The summed E-state index contributed by atoms with van der Waals surface area (Å²) in [5.41, 5.74) is 0. The van der Waals surface area contributed by atoms with E-state index in [1.807, 2.05) is 0 Å². The molecule has 0 aromatic carbocycles. The van der Waals surface area contributed by atoms with Gasteiger partial charge in [0, 0.05) is 6.04 Å². The molecule has 1 nitrogen and oxygen atoms in total. The summed E-state index contributed by atoms with van der Waals surface area (Å²) in [4.78, 5) is 2.62. The normalized spacial score (nSPS) is 28.4. The lowest BCUT2D eigenvalue weighted by Gasteiger charge is -2.32. The first-order valence-corrected chi connectivity index (χ1v) is 6.81. The monoisotopic (exact) mass is 211 g/mol. The van der Waals surface area contributed by atoms with Crippen LogP contribution < -0.4 is 0 Å². The number of rotatable bonds is 4. The van der Waals surface area contributed by atoms with Gasteiger partial charge in [-0.25, -0.2) is 0 Å². The summed E-state index contributed by atoms with van der Waals surface area (Å²) in [6.45, 7) is 8.38. The molecule has 0 amide bonds. The molecule has 0 aliphatic heterocycles. The molecule has 1 saturated carbocycles. The number of nitrogens with zero attached hydrogens (tertiary/aromatic N) is 1. The Kier molecular flexibility index (Phi) is 5.66. The van der Waals surface area contributed by atoms with Crippen LogP contribution in [0.25, 0.3) is 0 Å². The van der Waals surface area contributed by atoms with E-state index in [2.05, 4.69) is 32.7 Å². The van der Waals surface area contributed by atoms with E-state index in [0.717, 1.165) is 17.9 Å². The van der Waals surface area contributed by atoms with Crippen molar-refractivity contribution in [2.75, 3.05) is 13.6 Å². The first kappa shape index (κ1) is 13.0. The summed E-state index contributed by atoms with van der Waals surface area (Å²) >= 11 is 0. The Balaban J connectivity index is 2.37. The molecule has 0 heterocycles. The second-order valence-corrected chi connectivity index (χ2v) is 5.85. The highest BCUT2D eigenvalue weighted by Gasteiger charge is 2.23. The Labute approximate surface area is 96.2 Å². The molecule has 1 heteroatoms. The van der Waals surface area contributed by atoms with Gasteiger partial charge in [-0.05, 0) is 44.7 Å². The molecule has 0 aromatic rings. The number of hydrogen-bond acceptors (Lipinski definition) is 1. The molecular weight excluding hydrogens is 182 g/mol. The van der Waals surface area contributed by atoms with Crippen LogP contribution in [0.2, 0.25) is 0 Å².